The van der Waals surface area contributed by atoms with Crippen molar-refractivity contribution in [2.45, 2.75) is 90.8 Å². The molecule has 8 heteroatoms. The molecule has 1 saturated heterocycles. The van der Waals surface area contributed by atoms with Gasteiger partial charge in [-0.25, -0.2) is 4.98 Å². The number of Topliss-reactive ketones (excluding diaryl/α,β-unsaturated/α-hetero) is 1. The highest BCUT2D eigenvalue weighted by atomic mass is 32.1. The zero-order valence-corrected chi connectivity index (χ0v) is 23.3. The monoisotopic (exact) mass is 525 g/mol. The van der Waals surface area contributed by atoms with E-state index in [-0.39, 0.29) is 48.8 Å². The first-order chi connectivity index (χ1) is 17.5. The van der Waals surface area contributed by atoms with Gasteiger partial charge < -0.3 is 15.3 Å². The molecule has 1 saturated carbocycles. The molecule has 1 aromatic carbocycles. The van der Waals surface area contributed by atoms with E-state index >= 15 is 0 Å². The molecule has 0 radical (unpaired) electrons. The standard InChI is InChI=1S/C29H39N3O4S/c1-17(19-9-11-21(12-10-19)26-18(2)30-16-37-26)13-24(34)23-14-22(33)15-32(23)27(35)25(20-7-6-8-20)31-28(36)29(3,4)5/h9-12,16-17,20,22-23,25,33H,6-8,13-15H2,1-5H3,(H,31,36). The van der Waals surface area contributed by atoms with E-state index in [4.69, 9.17) is 0 Å². The van der Waals surface area contributed by atoms with E-state index in [9.17, 15) is 19.5 Å². The van der Waals surface area contributed by atoms with Crippen LogP contribution in [0.25, 0.3) is 10.4 Å². The fourth-order valence-electron chi connectivity index (χ4n) is 5.15. The van der Waals surface area contributed by atoms with Crippen molar-refractivity contribution in [1.29, 1.82) is 0 Å². The fourth-order valence-corrected chi connectivity index (χ4v) is 5.96. The quantitative estimate of drug-likeness (QED) is 0.530. The van der Waals surface area contributed by atoms with E-state index in [0.29, 0.717) is 0 Å². The lowest BCUT2D eigenvalue weighted by Crippen LogP contribution is -2.57. The topological polar surface area (TPSA) is 99.6 Å². The maximum absolute atomic E-state index is 13.7. The summed E-state index contributed by atoms with van der Waals surface area (Å²) in [5.74, 6) is -0.414. The average Bonchev–Trinajstić information content (AvgIpc) is 3.41. The number of amides is 2. The Labute approximate surface area is 223 Å². The molecule has 7 nitrogen and oxygen atoms in total. The van der Waals surface area contributed by atoms with Crippen molar-refractivity contribution in [3.05, 3.63) is 41.0 Å². The molecule has 200 valence electrons. The number of nitrogens with zero attached hydrogens (tertiary/aromatic N) is 2. The van der Waals surface area contributed by atoms with E-state index in [1.54, 1.807) is 11.3 Å². The van der Waals surface area contributed by atoms with E-state index in [0.717, 1.165) is 41.0 Å². The molecule has 4 rings (SSSR count). The van der Waals surface area contributed by atoms with E-state index < -0.39 is 23.6 Å². The van der Waals surface area contributed by atoms with Crippen molar-refractivity contribution in [2.75, 3.05) is 6.54 Å². The first-order valence-corrected chi connectivity index (χ1v) is 14.2. The van der Waals surface area contributed by atoms with Gasteiger partial charge in [-0.1, -0.05) is 58.4 Å². The minimum absolute atomic E-state index is 0.0261. The largest absolute Gasteiger partial charge is 0.391 e. The molecule has 1 aliphatic carbocycles. The number of benzene rings is 1. The summed E-state index contributed by atoms with van der Waals surface area (Å²) in [6, 6.07) is 6.90. The van der Waals surface area contributed by atoms with Crippen LogP contribution in [0.2, 0.25) is 0 Å². The number of nitrogens with one attached hydrogen (secondary N) is 1. The van der Waals surface area contributed by atoms with Crippen molar-refractivity contribution in [2.24, 2.45) is 11.3 Å². The fraction of sp³-hybridized carbons (Fsp3) is 0.586. The number of carbonyl (C=O) groups is 3. The minimum Gasteiger partial charge on any atom is -0.391 e. The van der Waals surface area contributed by atoms with Crippen LogP contribution >= 0.6 is 11.3 Å². The Balaban J connectivity index is 1.45. The number of rotatable bonds is 8. The Morgan fingerprint density at radius 3 is 2.41 bits per heavy atom. The molecule has 1 aliphatic heterocycles. The van der Waals surface area contributed by atoms with Crippen LogP contribution in [-0.2, 0) is 14.4 Å². The van der Waals surface area contributed by atoms with Crippen LogP contribution in [0.15, 0.2) is 29.8 Å². The van der Waals surface area contributed by atoms with Gasteiger partial charge in [0.1, 0.15) is 6.04 Å². The maximum Gasteiger partial charge on any atom is 0.246 e. The van der Waals surface area contributed by atoms with Gasteiger partial charge in [0.15, 0.2) is 5.78 Å². The van der Waals surface area contributed by atoms with Crippen molar-refractivity contribution in [1.82, 2.24) is 15.2 Å². The second-order valence-electron chi connectivity index (χ2n) is 11.7. The normalized spacial score (nSPS) is 21.8. The third kappa shape index (κ3) is 6.12. The number of aliphatic hydroxyl groups excluding tert-OH is 1. The zero-order chi connectivity index (χ0) is 26.9. The molecule has 0 spiro atoms. The predicted octanol–water partition coefficient (Wildman–Crippen LogP) is 4.47. The number of aliphatic hydroxyl groups is 1. The molecule has 2 N–H and O–H groups in total. The van der Waals surface area contributed by atoms with Gasteiger partial charge in [0, 0.05) is 24.8 Å². The van der Waals surface area contributed by atoms with Gasteiger partial charge in [0.05, 0.1) is 28.2 Å². The van der Waals surface area contributed by atoms with Crippen LogP contribution in [0.5, 0.6) is 0 Å². The number of carbonyl (C=O) groups excluding carboxylic acids is 3. The van der Waals surface area contributed by atoms with Crippen LogP contribution in [0.3, 0.4) is 0 Å². The van der Waals surface area contributed by atoms with Crippen LogP contribution < -0.4 is 5.32 Å². The predicted molar refractivity (Wildman–Crippen MR) is 145 cm³/mol. The second kappa shape index (κ2) is 11.0. The molecule has 4 unspecified atom stereocenters. The van der Waals surface area contributed by atoms with E-state index in [1.165, 1.54) is 4.90 Å². The highest BCUT2D eigenvalue weighted by molar-refractivity contribution is 7.13. The summed E-state index contributed by atoms with van der Waals surface area (Å²) in [6.07, 6.45) is 2.57. The van der Waals surface area contributed by atoms with Gasteiger partial charge in [0.25, 0.3) is 0 Å². The maximum atomic E-state index is 13.7. The van der Waals surface area contributed by atoms with Crippen LogP contribution in [0.1, 0.15) is 77.0 Å². The number of ketones is 1. The summed E-state index contributed by atoms with van der Waals surface area (Å²) in [7, 11) is 0. The molecule has 2 amide bonds. The number of aromatic nitrogens is 1. The zero-order valence-electron chi connectivity index (χ0n) is 22.5. The Morgan fingerprint density at radius 2 is 1.86 bits per heavy atom. The van der Waals surface area contributed by atoms with Crippen LogP contribution in [0, 0.1) is 18.3 Å². The van der Waals surface area contributed by atoms with Gasteiger partial charge in [-0.3, -0.25) is 14.4 Å². The van der Waals surface area contributed by atoms with E-state index in [1.807, 2.05) is 52.3 Å². The Hall–Kier alpha value is -2.58. The minimum atomic E-state index is -0.740. The molecule has 2 aromatic rings. The highest BCUT2D eigenvalue weighted by Crippen LogP contribution is 2.34. The lowest BCUT2D eigenvalue weighted by molar-refractivity contribution is -0.144. The Bertz CT molecular complexity index is 1130. The summed E-state index contributed by atoms with van der Waals surface area (Å²) in [5.41, 5.74) is 4.39. The van der Waals surface area contributed by atoms with Crippen LogP contribution in [-0.4, -0.2) is 57.3 Å². The van der Waals surface area contributed by atoms with Crippen molar-refractivity contribution in [3.63, 3.8) is 0 Å². The number of hydrogen-bond acceptors (Lipinski definition) is 6. The number of aryl methyl sites for hydroxylation is 1. The summed E-state index contributed by atoms with van der Waals surface area (Å²) < 4.78 is 0. The molecule has 37 heavy (non-hydrogen) atoms. The molecule has 2 fully saturated rings. The first-order valence-electron chi connectivity index (χ1n) is 13.3. The van der Waals surface area contributed by atoms with Gasteiger partial charge in [0.2, 0.25) is 11.8 Å². The van der Waals surface area contributed by atoms with Gasteiger partial charge >= 0.3 is 0 Å². The summed E-state index contributed by atoms with van der Waals surface area (Å²) in [6.45, 7) is 9.60. The molecule has 2 heterocycles. The Morgan fingerprint density at radius 1 is 1.19 bits per heavy atom. The Kier molecular flexibility index (Phi) is 8.19. The number of hydrogen-bond donors (Lipinski definition) is 2. The molecule has 2 aliphatic rings. The molecule has 0 bridgehead atoms. The first kappa shape index (κ1) is 27.5. The third-order valence-electron chi connectivity index (χ3n) is 7.78. The third-order valence-corrected chi connectivity index (χ3v) is 8.76. The number of β-amino-alcohol motifs (C(OH)–C–C–N with tert-alkyl or cyclic N) is 1. The summed E-state index contributed by atoms with van der Waals surface area (Å²) in [5, 5.41) is 13.4. The highest BCUT2D eigenvalue weighted by Gasteiger charge is 2.45. The summed E-state index contributed by atoms with van der Waals surface area (Å²) in [4.78, 5) is 46.9. The molecule has 1 aromatic heterocycles. The second-order valence-corrected chi connectivity index (χ2v) is 12.6. The lowest BCUT2D eigenvalue weighted by Gasteiger charge is -2.38. The van der Waals surface area contributed by atoms with Crippen molar-refractivity contribution in [3.8, 4) is 10.4 Å². The van der Waals surface area contributed by atoms with E-state index in [2.05, 4.69) is 22.4 Å². The van der Waals surface area contributed by atoms with Gasteiger partial charge in [-0.15, -0.1) is 11.3 Å². The smallest absolute Gasteiger partial charge is 0.246 e. The SMILES string of the molecule is Cc1ncsc1-c1ccc(C(C)CC(=O)C2CC(O)CN2C(=O)C(NC(=O)C(C)(C)C)C2CCC2)cc1. The molecular weight excluding hydrogens is 486 g/mol. The number of thiazole rings is 1. The van der Waals surface area contributed by atoms with Crippen molar-refractivity contribution >= 4 is 28.9 Å². The van der Waals surface area contributed by atoms with Gasteiger partial charge in [-0.2, -0.15) is 0 Å². The molecular formula is C29H39N3O4S. The van der Waals surface area contributed by atoms with Gasteiger partial charge in [-0.05, 0) is 42.7 Å². The number of likely N-dealkylation sites (tertiary alicyclic amines) is 1. The van der Waals surface area contributed by atoms with Crippen molar-refractivity contribution < 1.29 is 19.5 Å². The molecule has 4 atom stereocenters. The lowest BCUT2D eigenvalue weighted by atomic mass is 9.78. The average molecular weight is 526 g/mol. The van der Waals surface area contributed by atoms with Crippen LogP contribution in [0.4, 0.5) is 0 Å². The summed E-state index contributed by atoms with van der Waals surface area (Å²) >= 11 is 1.61.